The lowest BCUT2D eigenvalue weighted by Crippen LogP contribution is -2.38. The third-order valence-electron chi connectivity index (χ3n) is 6.55. The van der Waals surface area contributed by atoms with Crippen LogP contribution in [0.5, 0.6) is 0 Å². The number of esters is 1. The van der Waals surface area contributed by atoms with Gasteiger partial charge in [0.05, 0.1) is 23.7 Å². The predicted octanol–water partition coefficient (Wildman–Crippen LogP) is 4.82. The molecular formula is C32H26N2O5. The average Bonchev–Trinajstić information content (AvgIpc) is 3.28. The first-order chi connectivity index (χ1) is 19.0. The fraction of sp³-hybridized carbons (Fsp3) is 0.125. The summed E-state index contributed by atoms with van der Waals surface area (Å²) >= 11 is 0. The fourth-order valence-electron chi connectivity index (χ4n) is 4.42. The summed E-state index contributed by atoms with van der Waals surface area (Å²) in [5.74, 6) is -1.64. The van der Waals surface area contributed by atoms with Crippen LogP contribution in [-0.4, -0.2) is 36.2 Å². The van der Waals surface area contributed by atoms with Gasteiger partial charge in [-0.3, -0.25) is 14.4 Å². The molecule has 1 fully saturated rings. The maximum atomic E-state index is 12.9. The van der Waals surface area contributed by atoms with Crippen LogP contribution in [0.15, 0.2) is 109 Å². The van der Waals surface area contributed by atoms with E-state index in [1.807, 2.05) is 72.8 Å². The van der Waals surface area contributed by atoms with E-state index in [2.05, 4.69) is 5.32 Å². The van der Waals surface area contributed by atoms with Crippen molar-refractivity contribution in [2.75, 3.05) is 11.5 Å². The van der Waals surface area contributed by atoms with Crippen molar-refractivity contribution in [3.05, 3.63) is 126 Å². The van der Waals surface area contributed by atoms with Crippen molar-refractivity contribution in [1.82, 2.24) is 5.32 Å². The number of carbonyl (C=O) groups excluding carboxylic acids is 4. The number of ether oxygens (including phenoxy) is 1. The smallest absolute Gasteiger partial charge is 0.338 e. The summed E-state index contributed by atoms with van der Waals surface area (Å²) in [7, 11) is 0. The van der Waals surface area contributed by atoms with Gasteiger partial charge in [-0.2, -0.15) is 0 Å². The number of nitrogens with one attached hydrogen (secondary N) is 1. The van der Waals surface area contributed by atoms with Gasteiger partial charge in [-0.05, 0) is 41.0 Å². The van der Waals surface area contributed by atoms with E-state index in [-0.39, 0.29) is 29.6 Å². The molecule has 194 valence electrons. The molecule has 7 nitrogen and oxygen atoms in total. The minimum absolute atomic E-state index is 0.0594. The Balaban J connectivity index is 1.15. The monoisotopic (exact) mass is 518 g/mol. The normalized spacial score (nSPS) is 14.9. The second-order valence-electron chi connectivity index (χ2n) is 9.18. The number of nitrogens with zero attached hydrogens (tertiary/aromatic N) is 1. The van der Waals surface area contributed by atoms with Gasteiger partial charge in [0.25, 0.3) is 5.91 Å². The van der Waals surface area contributed by atoms with Gasteiger partial charge in [0, 0.05) is 12.1 Å². The lowest BCUT2D eigenvalue weighted by Gasteiger charge is -2.16. The van der Waals surface area contributed by atoms with Gasteiger partial charge in [0.1, 0.15) is 0 Å². The van der Waals surface area contributed by atoms with Crippen LogP contribution in [0.2, 0.25) is 0 Å². The van der Waals surface area contributed by atoms with Gasteiger partial charge in [0.15, 0.2) is 12.4 Å². The summed E-state index contributed by atoms with van der Waals surface area (Å²) in [6.07, 6.45) is 0.0594. The van der Waals surface area contributed by atoms with E-state index >= 15 is 0 Å². The van der Waals surface area contributed by atoms with E-state index in [1.54, 1.807) is 12.1 Å². The minimum Gasteiger partial charge on any atom is -0.454 e. The van der Waals surface area contributed by atoms with Crippen LogP contribution in [-0.2, 0) is 20.9 Å². The molecule has 4 aromatic rings. The molecule has 2 amide bonds. The molecule has 0 bridgehead atoms. The average molecular weight is 519 g/mol. The number of anilines is 1. The van der Waals surface area contributed by atoms with E-state index < -0.39 is 18.6 Å². The van der Waals surface area contributed by atoms with E-state index in [0.717, 1.165) is 21.6 Å². The van der Waals surface area contributed by atoms with Gasteiger partial charge in [-0.15, -0.1) is 0 Å². The summed E-state index contributed by atoms with van der Waals surface area (Å²) in [5, 5.41) is 3.14. The highest BCUT2D eigenvalue weighted by Crippen LogP contribution is 2.24. The topological polar surface area (TPSA) is 92.8 Å². The van der Waals surface area contributed by atoms with Crippen molar-refractivity contribution in [2.24, 2.45) is 0 Å². The number of hydrogen-bond acceptors (Lipinski definition) is 6. The molecule has 1 unspecified atom stereocenters. The molecule has 0 aliphatic carbocycles. The fourth-order valence-corrected chi connectivity index (χ4v) is 4.42. The molecule has 5 rings (SSSR count). The zero-order valence-electron chi connectivity index (χ0n) is 21.1. The quantitative estimate of drug-likeness (QED) is 0.194. The van der Waals surface area contributed by atoms with Crippen molar-refractivity contribution in [3.8, 4) is 11.1 Å². The third-order valence-corrected chi connectivity index (χ3v) is 6.55. The Labute approximate surface area is 226 Å². The molecule has 7 heteroatoms. The molecule has 1 atom stereocenters. The van der Waals surface area contributed by atoms with Crippen LogP contribution < -0.4 is 10.2 Å². The highest BCUT2D eigenvalue weighted by atomic mass is 16.5. The van der Waals surface area contributed by atoms with E-state index in [9.17, 15) is 19.2 Å². The molecule has 1 heterocycles. The zero-order valence-corrected chi connectivity index (χ0v) is 21.1. The van der Waals surface area contributed by atoms with Crippen LogP contribution in [0.1, 0.15) is 32.7 Å². The number of hydrogen-bond donors (Lipinski definition) is 1. The second kappa shape index (κ2) is 11.7. The lowest BCUT2D eigenvalue weighted by molar-refractivity contribution is -0.121. The maximum absolute atomic E-state index is 12.9. The molecule has 0 saturated carbocycles. The van der Waals surface area contributed by atoms with Crippen LogP contribution in [0, 0.1) is 0 Å². The summed E-state index contributed by atoms with van der Waals surface area (Å²) in [5.41, 5.74) is 4.07. The Hall–Kier alpha value is -4.88. The van der Waals surface area contributed by atoms with Gasteiger partial charge < -0.3 is 10.1 Å². The molecule has 1 aliphatic rings. The highest BCUT2D eigenvalue weighted by molar-refractivity contribution is 6.22. The maximum Gasteiger partial charge on any atom is 0.338 e. The second-order valence-corrected chi connectivity index (χ2v) is 9.18. The molecule has 0 radical (unpaired) electrons. The Morgan fingerprint density at radius 2 is 1.33 bits per heavy atom. The van der Waals surface area contributed by atoms with E-state index in [0.29, 0.717) is 17.8 Å². The number of carbonyl (C=O) groups is 4. The minimum atomic E-state index is -0.669. The summed E-state index contributed by atoms with van der Waals surface area (Å²) in [6, 6.07) is 31.9. The van der Waals surface area contributed by atoms with Crippen molar-refractivity contribution >= 4 is 29.3 Å². The first-order valence-electron chi connectivity index (χ1n) is 12.6. The SMILES string of the molecule is O=C(COC(=O)c1ccc(N2C(=O)CC(NCc3ccccc3)C2=O)cc1)c1ccc(-c2ccccc2)cc1. The molecular weight excluding hydrogens is 492 g/mol. The summed E-state index contributed by atoms with van der Waals surface area (Å²) in [6.45, 7) is 0.0716. The van der Waals surface area contributed by atoms with Crippen molar-refractivity contribution < 1.29 is 23.9 Å². The highest BCUT2D eigenvalue weighted by Gasteiger charge is 2.39. The Kier molecular flexibility index (Phi) is 7.70. The Bertz CT molecular complexity index is 1480. The molecule has 1 saturated heterocycles. The predicted molar refractivity (Wildman–Crippen MR) is 147 cm³/mol. The Morgan fingerprint density at radius 3 is 2.00 bits per heavy atom. The van der Waals surface area contributed by atoms with Crippen molar-refractivity contribution in [3.63, 3.8) is 0 Å². The van der Waals surface area contributed by atoms with Crippen molar-refractivity contribution in [2.45, 2.75) is 19.0 Å². The first-order valence-corrected chi connectivity index (χ1v) is 12.6. The lowest BCUT2D eigenvalue weighted by atomic mass is 10.0. The largest absolute Gasteiger partial charge is 0.454 e. The summed E-state index contributed by atoms with van der Waals surface area (Å²) in [4.78, 5) is 51.6. The number of Topliss-reactive ketones (excluding diaryl/α,β-unsaturated/α-hetero) is 1. The first kappa shape index (κ1) is 25.8. The van der Waals surface area contributed by atoms with Gasteiger partial charge in [-0.25, -0.2) is 9.69 Å². The Morgan fingerprint density at radius 1 is 0.744 bits per heavy atom. The number of ketones is 1. The molecule has 0 aromatic heterocycles. The molecule has 39 heavy (non-hydrogen) atoms. The van der Waals surface area contributed by atoms with Crippen molar-refractivity contribution in [1.29, 1.82) is 0 Å². The van der Waals surface area contributed by atoms with Gasteiger partial charge in [-0.1, -0.05) is 84.9 Å². The van der Waals surface area contributed by atoms with Crippen LogP contribution in [0.25, 0.3) is 11.1 Å². The molecule has 0 spiro atoms. The number of imide groups is 1. The molecule has 1 N–H and O–H groups in total. The van der Waals surface area contributed by atoms with E-state index in [4.69, 9.17) is 4.74 Å². The zero-order chi connectivity index (χ0) is 27.2. The number of amides is 2. The molecule has 4 aromatic carbocycles. The number of benzene rings is 4. The standard InChI is InChI=1S/C32H26N2O5/c35-29(25-13-11-24(12-14-25)23-9-5-2-6-10-23)21-39-32(38)26-15-17-27(18-16-26)34-30(36)19-28(31(34)37)33-20-22-7-3-1-4-8-22/h1-18,28,33H,19-21H2. The third kappa shape index (κ3) is 6.00. The number of rotatable bonds is 9. The summed E-state index contributed by atoms with van der Waals surface area (Å²) < 4.78 is 5.21. The van der Waals surface area contributed by atoms with Gasteiger partial charge in [0.2, 0.25) is 5.91 Å². The molecule has 1 aliphatic heterocycles. The van der Waals surface area contributed by atoms with Crippen LogP contribution in [0.3, 0.4) is 0 Å². The van der Waals surface area contributed by atoms with Crippen LogP contribution in [0.4, 0.5) is 5.69 Å². The van der Waals surface area contributed by atoms with E-state index in [1.165, 1.54) is 24.3 Å². The van der Waals surface area contributed by atoms with Crippen LogP contribution >= 0.6 is 0 Å². The van der Waals surface area contributed by atoms with Gasteiger partial charge >= 0.3 is 5.97 Å².